The molecule has 0 aliphatic rings. The van der Waals surface area contributed by atoms with Crippen molar-refractivity contribution in [1.29, 1.82) is 0 Å². The van der Waals surface area contributed by atoms with Gasteiger partial charge in [-0.05, 0) is 54.8 Å². The Morgan fingerprint density at radius 2 is 1.91 bits per heavy atom. The highest BCUT2D eigenvalue weighted by Crippen LogP contribution is 2.25. The third-order valence-corrected chi connectivity index (χ3v) is 3.39. The topological polar surface area (TPSA) is 77.8 Å². The zero-order chi connectivity index (χ0) is 16.8. The first kappa shape index (κ1) is 16.6. The van der Waals surface area contributed by atoms with E-state index in [2.05, 4.69) is 0 Å². The summed E-state index contributed by atoms with van der Waals surface area (Å²) in [6, 6.07) is 8.90. The van der Waals surface area contributed by atoms with Crippen molar-refractivity contribution in [2.24, 2.45) is 0 Å². The average Bonchev–Trinajstić information content (AvgIpc) is 2.98. The molecule has 0 atom stereocenters. The van der Waals surface area contributed by atoms with Gasteiger partial charge in [-0.2, -0.15) is 0 Å². The molecule has 0 fully saturated rings. The predicted octanol–water partition coefficient (Wildman–Crippen LogP) is 3.19. The summed E-state index contributed by atoms with van der Waals surface area (Å²) in [5.41, 5.74) is 2.08. The number of carbonyl (C=O) groups excluding carboxylic acids is 1. The molecule has 0 radical (unpaired) electrons. The molecule has 0 saturated heterocycles. The number of methoxy groups -OCH3 is 1. The summed E-state index contributed by atoms with van der Waals surface area (Å²) in [5.74, 6) is 0.409. The minimum Gasteiger partial charge on any atom is -0.497 e. The number of hydrogen-bond donors (Lipinski definition) is 1. The number of aryl methyl sites for hydroxylation is 1. The molecule has 1 aromatic carbocycles. The third kappa shape index (κ3) is 4.12. The molecule has 1 N–H and O–H groups in total. The summed E-state index contributed by atoms with van der Waals surface area (Å²) in [6.07, 6.45) is 1.11. The number of carbonyl (C=O) groups is 2. The van der Waals surface area contributed by atoms with Gasteiger partial charge in [0, 0.05) is 12.6 Å². The van der Waals surface area contributed by atoms with Crippen LogP contribution in [0.15, 0.2) is 36.5 Å². The number of benzene rings is 1. The minimum atomic E-state index is -1.07. The van der Waals surface area contributed by atoms with E-state index in [9.17, 15) is 14.7 Å². The van der Waals surface area contributed by atoms with Crippen molar-refractivity contribution in [3.8, 4) is 17.0 Å². The zero-order valence-corrected chi connectivity index (χ0v) is 13.1. The van der Waals surface area contributed by atoms with Gasteiger partial charge in [0.1, 0.15) is 5.75 Å². The summed E-state index contributed by atoms with van der Waals surface area (Å²) in [4.78, 5) is 22.8. The lowest BCUT2D eigenvalue weighted by atomic mass is 10.1. The van der Waals surface area contributed by atoms with Gasteiger partial charge in [-0.15, -0.1) is 0 Å². The smallest absolute Gasteiger partial charge is 0.416 e. The predicted molar refractivity (Wildman–Crippen MR) is 84.8 cm³/mol. The van der Waals surface area contributed by atoms with Crippen LogP contribution >= 0.6 is 0 Å². The molecule has 122 valence electrons. The van der Waals surface area contributed by atoms with Crippen molar-refractivity contribution >= 4 is 12.1 Å². The third-order valence-electron chi connectivity index (χ3n) is 3.39. The van der Waals surface area contributed by atoms with Crippen LogP contribution in [0.1, 0.15) is 18.9 Å². The molecule has 23 heavy (non-hydrogen) atoms. The average molecular weight is 317 g/mol. The van der Waals surface area contributed by atoms with Crippen LogP contribution in [0.4, 0.5) is 4.79 Å². The minimum absolute atomic E-state index is 0.222. The van der Waals surface area contributed by atoms with Crippen molar-refractivity contribution in [2.45, 2.75) is 19.8 Å². The molecule has 0 aliphatic heterocycles. The lowest BCUT2D eigenvalue weighted by Gasteiger charge is -2.05. The standard InChI is InChI=1S/C17H19NO5/c1-3-23-16(19)9-4-12-10-15(18(11-12)17(20)21)13-5-7-14(22-2)8-6-13/h5-8,10-11H,3-4,9H2,1-2H3,(H,20,21). The van der Waals surface area contributed by atoms with E-state index in [0.717, 1.165) is 15.7 Å². The summed E-state index contributed by atoms with van der Waals surface area (Å²) >= 11 is 0. The summed E-state index contributed by atoms with van der Waals surface area (Å²) in [7, 11) is 1.57. The maximum atomic E-state index is 11.4. The number of nitrogens with zero attached hydrogens (tertiary/aromatic N) is 1. The molecule has 1 aromatic heterocycles. The second kappa shape index (κ2) is 7.49. The van der Waals surface area contributed by atoms with Crippen LogP contribution in [0.25, 0.3) is 11.3 Å². The molecule has 6 nitrogen and oxygen atoms in total. The molecule has 2 rings (SSSR count). The van der Waals surface area contributed by atoms with E-state index in [1.165, 1.54) is 6.20 Å². The first-order valence-electron chi connectivity index (χ1n) is 7.29. The van der Waals surface area contributed by atoms with Crippen molar-refractivity contribution in [1.82, 2.24) is 4.57 Å². The maximum absolute atomic E-state index is 11.4. The molecule has 0 unspecified atom stereocenters. The molecule has 0 saturated carbocycles. The molecular weight excluding hydrogens is 298 g/mol. The van der Waals surface area contributed by atoms with Crippen molar-refractivity contribution in [2.75, 3.05) is 13.7 Å². The van der Waals surface area contributed by atoms with E-state index >= 15 is 0 Å². The molecule has 0 aliphatic carbocycles. The van der Waals surface area contributed by atoms with Gasteiger partial charge in [0.25, 0.3) is 0 Å². The van der Waals surface area contributed by atoms with Gasteiger partial charge in [0.05, 0.1) is 19.4 Å². The molecule has 0 amide bonds. The maximum Gasteiger partial charge on any atom is 0.416 e. The number of rotatable bonds is 6. The highest BCUT2D eigenvalue weighted by molar-refractivity contribution is 5.78. The lowest BCUT2D eigenvalue weighted by Crippen LogP contribution is -2.08. The molecule has 0 spiro atoms. The molecular formula is C17H19NO5. The number of carboxylic acid groups (broad SMARTS) is 1. The van der Waals surface area contributed by atoms with Crippen molar-refractivity contribution < 1.29 is 24.2 Å². The molecule has 0 bridgehead atoms. The summed E-state index contributed by atoms with van der Waals surface area (Å²) in [6.45, 7) is 2.09. The van der Waals surface area contributed by atoms with Crippen LogP contribution in [-0.2, 0) is 16.0 Å². The monoisotopic (exact) mass is 317 g/mol. The Morgan fingerprint density at radius 1 is 1.22 bits per heavy atom. The van der Waals surface area contributed by atoms with Crippen LogP contribution < -0.4 is 4.74 Å². The van der Waals surface area contributed by atoms with E-state index in [4.69, 9.17) is 9.47 Å². The van der Waals surface area contributed by atoms with Gasteiger partial charge in [0.15, 0.2) is 0 Å². The van der Waals surface area contributed by atoms with Crippen molar-refractivity contribution in [3.63, 3.8) is 0 Å². The fraction of sp³-hybridized carbons (Fsp3) is 0.294. The van der Waals surface area contributed by atoms with E-state index in [1.54, 1.807) is 44.4 Å². The van der Waals surface area contributed by atoms with Gasteiger partial charge in [-0.25, -0.2) is 4.79 Å². The first-order valence-corrected chi connectivity index (χ1v) is 7.29. The second-order valence-electron chi connectivity index (χ2n) is 4.92. The number of esters is 1. The van der Waals surface area contributed by atoms with Crippen LogP contribution in [0.2, 0.25) is 0 Å². The van der Waals surface area contributed by atoms with Crippen LogP contribution in [0.5, 0.6) is 5.75 Å². The zero-order valence-electron chi connectivity index (χ0n) is 13.1. The SMILES string of the molecule is CCOC(=O)CCc1cc(-c2ccc(OC)cc2)n(C(=O)O)c1. The Kier molecular flexibility index (Phi) is 5.41. The second-order valence-corrected chi connectivity index (χ2v) is 4.92. The Hall–Kier alpha value is -2.76. The van der Waals surface area contributed by atoms with Gasteiger partial charge in [-0.1, -0.05) is 0 Å². The fourth-order valence-corrected chi connectivity index (χ4v) is 2.28. The van der Waals surface area contributed by atoms with Crippen LogP contribution in [0.3, 0.4) is 0 Å². The van der Waals surface area contributed by atoms with Gasteiger partial charge in [-0.3, -0.25) is 9.36 Å². The Bertz CT molecular complexity index is 688. The molecule has 6 heteroatoms. The Labute approximate surface area is 134 Å². The molecule has 1 heterocycles. The van der Waals surface area contributed by atoms with Crippen LogP contribution in [0, 0.1) is 0 Å². The number of ether oxygens (including phenoxy) is 2. The van der Waals surface area contributed by atoms with Crippen molar-refractivity contribution in [3.05, 3.63) is 42.1 Å². The van der Waals surface area contributed by atoms with E-state index in [-0.39, 0.29) is 12.4 Å². The first-order chi connectivity index (χ1) is 11.0. The largest absolute Gasteiger partial charge is 0.497 e. The Morgan fingerprint density at radius 3 is 2.48 bits per heavy atom. The lowest BCUT2D eigenvalue weighted by molar-refractivity contribution is -0.143. The number of aromatic nitrogens is 1. The highest BCUT2D eigenvalue weighted by atomic mass is 16.5. The quantitative estimate of drug-likeness (QED) is 0.828. The van der Waals surface area contributed by atoms with Gasteiger partial charge >= 0.3 is 12.1 Å². The van der Waals surface area contributed by atoms with Gasteiger partial charge < -0.3 is 14.6 Å². The summed E-state index contributed by atoms with van der Waals surface area (Å²) < 4.78 is 11.1. The Balaban J connectivity index is 2.24. The van der Waals surface area contributed by atoms with E-state index in [0.29, 0.717) is 24.5 Å². The summed E-state index contributed by atoms with van der Waals surface area (Å²) in [5, 5.41) is 9.35. The van der Waals surface area contributed by atoms with E-state index < -0.39 is 6.09 Å². The normalized spacial score (nSPS) is 10.3. The number of hydrogen-bond acceptors (Lipinski definition) is 4. The highest BCUT2D eigenvalue weighted by Gasteiger charge is 2.14. The molecule has 2 aromatic rings. The van der Waals surface area contributed by atoms with Gasteiger partial charge in [0.2, 0.25) is 0 Å². The van der Waals surface area contributed by atoms with Crippen LogP contribution in [-0.4, -0.2) is 35.5 Å². The fourth-order valence-electron chi connectivity index (χ4n) is 2.28. The van der Waals surface area contributed by atoms with E-state index in [1.807, 2.05) is 0 Å².